The molecule has 21 heavy (non-hydrogen) atoms. The Kier molecular flexibility index (Phi) is 7.93. The standard InChI is InChI=1S/C18H31BrN2/c1-6-13-20-17(18(7-2,8-3)21(4)5)14-15-11-9-10-12-16(15)19/h9-12,17,20H,6-8,13-14H2,1-5H3. The van der Waals surface area contributed by atoms with E-state index in [0.717, 1.165) is 25.8 Å². The van der Waals surface area contributed by atoms with Crippen molar-refractivity contribution < 1.29 is 0 Å². The highest BCUT2D eigenvalue weighted by Crippen LogP contribution is 2.29. The lowest BCUT2D eigenvalue weighted by Crippen LogP contribution is -2.59. The van der Waals surface area contributed by atoms with Crippen LogP contribution in [0.5, 0.6) is 0 Å². The van der Waals surface area contributed by atoms with E-state index in [-0.39, 0.29) is 5.54 Å². The summed E-state index contributed by atoms with van der Waals surface area (Å²) in [5, 5.41) is 3.81. The van der Waals surface area contributed by atoms with Crippen LogP contribution in [0, 0.1) is 0 Å². The summed E-state index contributed by atoms with van der Waals surface area (Å²) in [4.78, 5) is 2.41. The van der Waals surface area contributed by atoms with Crippen LogP contribution in [-0.2, 0) is 6.42 Å². The Labute approximate surface area is 139 Å². The topological polar surface area (TPSA) is 15.3 Å². The molecule has 0 aromatic heterocycles. The van der Waals surface area contributed by atoms with E-state index in [4.69, 9.17) is 0 Å². The number of hydrogen-bond donors (Lipinski definition) is 1. The van der Waals surface area contributed by atoms with Gasteiger partial charge in [-0.1, -0.05) is 54.9 Å². The highest BCUT2D eigenvalue weighted by molar-refractivity contribution is 9.10. The van der Waals surface area contributed by atoms with Crippen molar-refractivity contribution in [3.05, 3.63) is 34.3 Å². The molecule has 0 fully saturated rings. The zero-order chi connectivity index (χ0) is 15.9. The monoisotopic (exact) mass is 354 g/mol. The van der Waals surface area contributed by atoms with Crippen molar-refractivity contribution in [1.29, 1.82) is 0 Å². The van der Waals surface area contributed by atoms with Crippen molar-refractivity contribution in [2.45, 2.75) is 58.0 Å². The second-order valence-electron chi connectivity index (χ2n) is 6.01. The Morgan fingerprint density at radius 3 is 2.24 bits per heavy atom. The predicted molar refractivity (Wildman–Crippen MR) is 96.9 cm³/mol. The zero-order valence-corrected chi connectivity index (χ0v) is 15.8. The molecule has 1 N–H and O–H groups in total. The Balaban J connectivity index is 3.06. The Hall–Kier alpha value is -0.380. The van der Waals surface area contributed by atoms with E-state index in [1.54, 1.807) is 0 Å². The molecule has 3 heteroatoms. The van der Waals surface area contributed by atoms with Crippen LogP contribution in [0.1, 0.15) is 45.6 Å². The molecule has 0 amide bonds. The van der Waals surface area contributed by atoms with Crippen molar-refractivity contribution in [3.8, 4) is 0 Å². The molecule has 0 heterocycles. The van der Waals surface area contributed by atoms with E-state index in [9.17, 15) is 0 Å². The summed E-state index contributed by atoms with van der Waals surface area (Å²) in [6, 6.07) is 9.05. The van der Waals surface area contributed by atoms with Crippen LogP contribution in [0.4, 0.5) is 0 Å². The molecule has 0 bridgehead atoms. The van der Waals surface area contributed by atoms with Gasteiger partial charge in [-0.25, -0.2) is 0 Å². The maximum Gasteiger partial charge on any atom is 0.0354 e. The van der Waals surface area contributed by atoms with Gasteiger partial charge in [-0.3, -0.25) is 0 Å². The van der Waals surface area contributed by atoms with Crippen molar-refractivity contribution in [2.24, 2.45) is 0 Å². The third kappa shape index (κ3) is 4.54. The molecular formula is C18H31BrN2. The molecule has 1 unspecified atom stereocenters. The van der Waals surface area contributed by atoms with Gasteiger partial charge in [0.15, 0.2) is 0 Å². The smallest absolute Gasteiger partial charge is 0.0354 e. The molecule has 0 aliphatic heterocycles. The molecular weight excluding hydrogens is 324 g/mol. The summed E-state index contributed by atoms with van der Waals surface area (Å²) in [5.41, 5.74) is 1.59. The van der Waals surface area contributed by atoms with Crippen LogP contribution >= 0.6 is 15.9 Å². The first kappa shape index (κ1) is 18.7. The van der Waals surface area contributed by atoms with E-state index in [2.05, 4.69) is 85.3 Å². The van der Waals surface area contributed by atoms with E-state index in [0.29, 0.717) is 6.04 Å². The van der Waals surface area contributed by atoms with E-state index >= 15 is 0 Å². The second-order valence-corrected chi connectivity index (χ2v) is 6.86. The minimum atomic E-state index is 0.199. The third-order valence-electron chi connectivity index (χ3n) is 4.79. The minimum absolute atomic E-state index is 0.199. The van der Waals surface area contributed by atoms with Crippen LogP contribution < -0.4 is 5.32 Å². The zero-order valence-electron chi connectivity index (χ0n) is 14.2. The number of likely N-dealkylation sites (N-methyl/N-ethyl adjacent to an activating group) is 1. The first-order valence-electron chi connectivity index (χ1n) is 8.16. The normalized spacial score (nSPS) is 13.7. The van der Waals surface area contributed by atoms with Gasteiger partial charge in [-0.15, -0.1) is 0 Å². The Morgan fingerprint density at radius 2 is 1.76 bits per heavy atom. The van der Waals surface area contributed by atoms with Gasteiger partial charge in [0.05, 0.1) is 0 Å². The number of halogens is 1. The average Bonchev–Trinajstić information content (AvgIpc) is 2.48. The summed E-state index contributed by atoms with van der Waals surface area (Å²) in [6.45, 7) is 7.93. The van der Waals surface area contributed by atoms with Crippen LogP contribution in [0.3, 0.4) is 0 Å². The van der Waals surface area contributed by atoms with Gasteiger partial charge < -0.3 is 10.2 Å². The summed E-state index contributed by atoms with van der Waals surface area (Å²) < 4.78 is 1.22. The van der Waals surface area contributed by atoms with Gasteiger partial charge in [0.1, 0.15) is 0 Å². The van der Waals surface area contributed by atoms with Crippen LogP contribution in [-0.4, -0.2) is 37.1 Å². The fourth-order valence-corrected chi connectivity index (χ4v) is 3.79. The van der Waals surface area contributed by atoms with Gasteiger partial charge in [0, 0.05) is 16.1 Å². The maximum absolute atomic E-state index is 3.81. The predicted octanol–water partition coefficient (Wildman–Crippen LogP) is 4.48. The average molecular weight is 355 g/mol. The second kappa shape index (κ2) is 8.92. The first-order valence-corrected chi connectivity index (χ1v) is 8.95. The lowest BCUT2D eigenvalue weighted by atomic mass is 9.80. The van der Waals surface area contributed by atoms with Crippen molar-refractivity contribution in [1.82, 2.24) is 10.2 Å². The van der Waals surface area contributed by atoms with Crippen LogP contribution in [0.15, 0.2) is 28.7 Å². The van der Waals surface area contributed by atoms with Crippen molar-refractivity contribution >= 4 is 15.9 Å². The van der Waals surface area contributed by atoms with Crippen LogP contribution in [0.25, 0.3) is 0 Å². The third-order valence-corrected chi connectivity index (χ3v) is 5.56. The first-order chi connectivity index (χ1) is 10.0. The number of nitrogens with one attached hydrogen (secondary N) is 1. The molecule has 0 aliphatic carbocycles. The fraction of sp³-hybridized carbons (Fsp3) is 0.667. The maximum atomic E-state index is 3.81. The van der Waals surface area contributed by atoms with Gasteiger partial charge in [-0.05, 0) is 58.0 Å². The number of rotatable bonds is 9. The molecule has 120 valence electrons. The molecule has 0 saturated carbocycles. The molecule has 0 radical (unpaired) electrons. The molecule has 1 atom stereocenters. The van der Waals surface area contributed by atoms with Gasteiger partial charge in [0.2, 0.25) is 0 Å². The van der Waals surface area contributed by atoms with Gasteiger partial charge >= 0.3 is 0 Å². The largest absolute Gasteiger partial charge is 0.312 e. The Morgan fingerprint density at radius 1 is 1.14 bits per heavy atom. The lowest BCUT2D eigenvalue weighted by Gasteiger charge is -2.46. The highest BCUT2D eigenvalue weighted by Gasteiger charge is 2.37. The molecule has 0 spiro atoms. The number of hydrogen-bond acceptors (Lipinski definition) is 2. The molecule has 1 rings (SSSR count). The number of nitrogens with zero attached hydrogens (tertiary/aromatic N) is 1. The van der Waals surface area contributed by atoms with Crippen molar-refractivity contribution in [3.63, 3.8) is 0 Å². The summed E-state index contributed by atoms with van der Waals surface area (Å²) in [5.74, 6) is 0. The molecule has 0 aliphatic rings. The molecule has 0 saturated heterocycles. The molecule has 1 aromatic carbocycles. The molecule has 1 aromatic rings. The highest BCUT2D eigenvalue weighted by atomic mass is 79.9. The van der Waals surface area contributed by atoms with E-state index < -0.39 is 0 Å². The summed E-state index contributed by atoms with van der Waals surface area (Å²) >= 11 is 3.70. The fourth-order valence-electron chi connectivity index (χ4n) is 3.34. The number of benzene rings is 1. The Bertz CT molecular complexity index is 413. The van der Waals surface area contributed by atoms with Crippen LogP contribution in [0.2, 0.25) is 0 Å². The van der Waals surface area contributed by atoms with Gasteiger partial charge in [-0.2, -0.15) is 0 Å². The van der Waals surface area contributed by atoms with Gasteiger partial charge in [0.25, 0.3) is 0 Å². The summed E-state index contributed by atoms with van der Waals surface area (Å²) in [6.07, 6.45) is 4.54. The quantitative estimate of drug-likeness (QED) is 0.703. The van der Waals surface area contributed by atoms with Crippen molar-refractivity contribution in [2.75, 3.05) is 20.6 Å². The summed E-state index contributed by atoms with van der Waals surface area (Å²) in [7, 11) is 4.43. The van der Waals surface area contributed by atoms with E-state index in [1.807, 2.05) is 0 Å². The minimum Gasteiger partial charge on any atom is -0.312 e. The SMILES string of the molecule is CCCNC(Cc1ccccc1Br)C(CC)(CC)N(C)C. The molecule has 2 nitrogen and oxygen atoms in total. The van der Waals surface area contributed by atoms with E-state index in [1.165, 1.54) is 16.5 Å². The lowest BCUT2D eigenvalue weighted by molar-refractivity contribution is 0.0881.